The van der Waals surface area contributed by atoms with E-state index >= 15 is 38.4 Å². The largest absolute Gasteiger partial charge is 0.417 e. The highest BCUT2D eigenvalue weighted by Crippen LogP contribution is 2.38. The summed E-state index contributed by atoms with van der Waals surface area (Å²) in [7, 11) is 8.72. The molecule has 12 amide bonds. The lowest BCUT2D eigenvalue weighted by Crippen LogP contribution is -2.65. The normalized spacial score (nSPS) is 28.4. The van der Waals surface area contributed by atoms with Gasteiger partial charge >= 0.3 is 6.18 Å². The van der Waals surface area contributed by atoms with Gasteiger partial charge in [0.2, 0.25) is 70.9 Å². The summed E-state index contributed by atoms with van der Waals surface area (Å²) in [4.78, 5) is 193. The molecule has 0 bridgehead atoms. The van der Waals surface area contributed by atoms with Crippen LogP contribution in [0.3, 0.4) is 0 Å². The fraction of sp³-hybridized carbons (Fsp3) is 0.760. The fourth-order valence-electron chi connectivity index (χ4n) is 16.8. The van der Waals surface area contributed by atoms with Crippen LogP contribution < -0.4 is 16.0 Å². The first kappa shape index (κ1) is 81.6. The van der Waals surface area contributed by atoms with Crippen molar-refractivity contribution < 1.29 is 70.7 Å². The van der Waals surface area contributed by atoms with E-state index in [1.54, 1.807) is 25.7 Å². The Morgan fingerprint density at radius 3 is 1.73 bits per heavy atom. The van der Waals surface area contributed by atoms with Gasteiger partial charge in [0.25, 0.3) is 0 Å². The molecule has 28 heteroatoms. The highest BCUT2D eigenvalue weighted by molar-refractivity contribution is 6.31. The van der Waals surface area contributed by atoms with Crippen LogP contribution in [0.5, 0.6) is 0 Å². The summed E-state index contributed by atoms with van der Waals surface area (Å²) in [5, 5.41) is 8.19. The molecule has 1 aromatic carbocycles. The zero-order valence-electron chi connectivity index (χ0n) is 62.6. The third-order valence-electron chi connectivity index (χ3n) is 23.8. The van der Waals surface area contributed by atoms with Crippen LogP contribution in [0, 0.1) is 23.7 Å². The van der Waals surface area contributed by atoms with E-state index in [1.807, 2.05) is 6.92 Å². The molecule has 1 unspecified atom stereocenters. The molecular formula is C75H114ClF3N12O12. The molecule has 10 atom stereocenters. The number of likely N-dealkylation sites (N-methyl/N-ethyl adjacent to an activating group) is 6. The van der Waals surface area contributed by atoms with Gasteiger partial charge in [-0.05, 0) is 125 Å². The summed E-state index contributed by atoms with van der Waals surface area (Å²) in [6.07, 6.45) is 8.52. The Labute approximate surface area is 611 Å². The van der Waals surface area contributed by atoms with Crippen molar-refractivity contribution in [2.75, 3.05) is 75.0 Å². The molecule has 0 radical (unpaired) electrons. The van der Waals surface area contributed by atoms with Gasteiger partial charge in [-0.2, -0.15) is 13.2 Å². The highest BCUT2D eigenvalue weighted by Gasteiger charge is 2.52. The van der Waals surface area contributed by atoms with Gasteiger partial charge in [0.15, 0.2) is 0 Å². The molecule has 7 fully saturated rings. The Balaban J connectivity index is 1.18. The summed E-state index contributed by atoms with van der Waals surface area (Å²) >= 11 is 6.18. The van der Waals surface area contributed by atoms with E-state index in [1.165, 1.54) is 94.5 Å². The zero-order chi connectivity index (χ0) is 75.5. The van der Waals surface area contributed by atoms with Gasteiger partial charge in [-0.25, -0.2) is 0 Å². The maximum Gasteiger partial charge on any atom is 0.417 e. The van der Waals surface area contributed by atoms with E-state index in [-0.39, 0.29) is 76.3 Å². The second kappa shape index (κ2) is 35.8. The van der Waals surface area contributed by atoms with E-state index in [4.69, 9.17) is 11.6 Å². The number of amides is 12. The first-order chi connectivity index (χ1) is 48.7. The van der Waals surface area contributed by atoms with Crippen LogP contribution in [0.2, 0.25) is 5.02 Å². The summed E-state index contributed by atoms with van der Waals surface area (Å²) in [5.41, 5.74) is -2.34. The number of fused-ring (bicyclic) bond motifs is 2. The second-order valence-electron chi connectivity index (χ2n) is 31.1. The molecule has 1 aromatic rings. The number of nitrogens with one attached hydrogen (secondary N) is 3. The zero-order valence-corrected chi connectivity index (χ0v) is 63.3. The second-order valence-corrected chi connectivity index (χ2v) is 31.5. The number of benzene rings is 1. The lowest BCUT2D eigenvalue weighted by atomic mass is 9.83. The predicted molar refractivity (Wildman–Crippen MR) is 381 cm³/mol. The van der Waals surface area contributed by atoms with Gasteiger partial charge in [0.05, 0.1) is 23.6 Å². The summed E-state index contributed by atoms with van der Waals surface area (Å²) in [5.74, 6) is -8.46. The van der Waals surface area contributed by atoms with Crippen LogP contribution in [0.25, 0.3) is 0 Å². The van der Waals surface area contributed by atoms with Gasteiger partial charge in [-0.3, -0.25) is 57.5 Å². The van der Waals surface area contributed by atoms with Crippen molar-refractivity contribution in [3.05, 3.63) is 34.3 Å². The van der Waals surface area contributed by atoms with Gasteiger partial charge in [0.1, 0.15) is 59.9 Å². The van der Waals surface area contributed by atoms with E-state index in [0.29, 0.717) is 57.2 Å². The quantitative estimate of drug-likeness (QED) is 0.203. The molecule has 574 valence electrons. The first-order valence-electron chi connectivity index (χ1n) is 38.0. The number of carbonyl (C=O) groups excluding carboxylic acids is 12. The highest BCUT2D eigenvalue weighted by atomic mass is 35.5. The topological polar surface area (TPSA) is 270 Å². The SMILES string of the molecule is CC[C@H](C)[C@@H]1NC(=O)C(C)N(C)C(=O)C[C@@H](C(=O)N2CCCCC2)N(C)C(=O)[C@H](C(C)C)N(C)C(=O)C2(CCCC2)NC(=O)[C@@H]2CCCN2C(=O)[C@H](CCc2ccc(C(F)(F)F)c(Cl)c2)NC(=O)CN(C)C(=O)[C@H](CC2CCCCC2)N(C)C(=O)[C@@H]2CCN2C(=O)[C@H](CC2CCCCC2)N(C)C1=O. The molecule has 7 aliphatic rings. The number of alkyl halides is 3. The van der Waals surface area contributed by atoms with Crippen LogP contribution >= 0.6 is 11.6 Å². The molecule has 4 aliphatic heterocycles. The van der Waals surface area contributed by atoms with E-state index < -0.39 is 172 Å². The van der Waals surface area contributed by atoms with E-state index in [0.717, 1.165) is 82.8 Å². The Kier molecular flexibility index (Phi) is 28.4. The van der Waals surface area contributed by atoms with Crippen LogP contribution in [0.1, 0.15) is 206 Å². The van der Waals surface area contributed by atoms with Crippen molar-refractivity contribution in [2.24, 2.45) is 23.7 Å². The molecule has 3 N–H and O–H groups in total. The minimum atomic E-state index is -4.76. The number of likely N-dealkylation sites (tertiary alicyclic amines) is 1. The Hall–Kier alpha value is -7.06. The summed E-state index contributed by atoms with van der Waals surface area (Å²) in [6, 6.07) is -7.73. The molecule has 3 aliphatic carbocycles. The van der Waals surface area contributed by atoms with E-state index in [9.17, 15) is 32.3 Å². The number of nitrogens with zero attached hydrogens (tertiary/aromatic N) is 9. The molecule has 8 rings (SSSR count). The molecule has 24 nitrogen and oxygen atoms in total. The molecular weight excluding hydrogens is 1350 g/mol. The lowest BCUT2D eigenvalue weighted by Gasteiger charge is -2.46. The van der Waals surface area contributed by atoms with E-state index in [2.05, 4.69) is 16.0 Å². The lowest BCUT2D eigenvalue weighted by molar-refractivity contribution is -0.161. The van der Waals surface area contributed by atoms with Crippen LogP contribution in [0.4, 0.5) is 13.2 Å². The Morgan fingerprint density at radius 1 is 0.602 bits per heavy atom. The van der Waals surface area contributed by atoms with Crippen LogP contribution in [-0.4, -0.2) is 250 Å². The fourth-order valence-corrected chi connectivity index (χ4v) is 17.1. The number of carbonyl (C=O) groups is 12. The third kappa shape index (κ3) is 19.3. The molecule has 3 saturated carbocycles. The summed E-state index contributed by atoms with van der Waals surface area (Å²) in [6.45, 7) is 8.96. The van der Waals surface area contributed by atoms with Crippen LogP contribution in [-0.2, 0) is 70.1 Å². The maximum absolute atomic E-state index is 15.4. The molecule has 4 heterocycles. The van der Waals surface area contributed by atoms with Crippen molar-refractivity contribution in [1.82, 2.24) is 60.0 Å². The number of halogens is 4. The van der Waals surface area contributed by atoms with Gasteiger partial charge in [-0.15, -0.1) is 0 Å². The number of hydrogen-bond donors (Lipinski definition) is 3. The monoisotopic (exact) mass is 1470 g/mol. The van der Waals surface area contributed by atoms with Gasteiger partial charge in [-0.1, -0.05) is 129 Å². The summed E-state index contributed by atoms with van der Waals surface area (Å²) < 4.78 is 41.7. The standard InChI is InChI=1S/C75H114ClF3N12O12/c1-12-47(4)62-71(101)86(9)58(43-50-27-18-14-19-28-50)70(100)91-40-34-56(91)68(98)85(8)57(42-49-25-16-13-17-26-49)67(97)83(6)45-60(92)80-54(33-31-51-30-32-52(53(76)41-51)75(77,78)79)66(96)90-39-24-29-55(90)65(95)82-74(35-20-21-36-74)73(103)88(11)63(46(2)3)72(102)87(10)59(69(99)89-37-22-15-23-38-89)44-61(93)84(7)48(5)64(94)81-62/h30,32,41,46-50,54-59,62-63H,12-29,31,33-40,42-45H2,1-11H3,(H,80,92)(H,81,94)(H,82,95)/t47-,48?,54-,55-,56-,57-,58-,59-,62-,63-/m0/s1. The first-order valence-corrected chi connectivity index (χ1v) is 38.3. The number of aryl methyl sites for hydroxylation is 1. The predicted octanol–water partition coefficient (Wildman–Crippen LogP) is 6.95. The minimum Gasteiger partial charge on any atom is -0.343 e. The van der Waals surface area contributed by atoms with Crippen molar-refractivity contribution >= 4 is 82.5 Å². The molecule has 0 aromatic heterocycles. The molecule has 1 spiro atoms. The van der Waals surface area contributed by atoms with Gasteiger partial charge < -0.3 is 60.0 Å². The number of hydrogen-bond acceptors (Lipinski definition) is 12. The average Bonchev–Trinajstić information content (AvgIpc) is 1.68. The maximum atomic E-state index is 15.4. The van der Waals surface area contributed by atoms with Crippen LogP contribution in [0.15, 0.2) is 18.2 Å². The van der Waals surface area contributed by atoms with Crippen molar-refractivity contribution in [3.8, 4) is 0 Å². The molecule has 4 saturated heterocycles. The minimum absolute atomic E-state index is 0.0249. The molecule has 103 heavy (non-hydrogen) atoms. The Morgan fingerprint density at radius 2 is 1.17 bits per heavy atom. The smallest absolute Gasteiger partial charge is 0.343 e. The van der Waals surface area contributed by atoms with Crippen molar-refractivity contribution in [3.63, 3.8) is 0 Å². The van der Waals surface area contributed by atoms with Crippen molar-refractivity contribution in [1.29, 1.82) is 0 Å². The van der Waals surface area contributed by atoms with Gasteiger partial charge in [0, 0.05) is 68.5 Å². The average molecular weight is 1470 g/mol. The van der Waals surface area contributed by atoms with Crippen molar-refractivity contribution in [2.45, 2.75) is 268 Å². The Bertz CT molecular complexity index is 3240. The third-order valence-corrected chi connectivity index (χ3v) is 24.1. The number of rotatable bonds is 11. The number of piperidine rings is 1.